The molecule has 7 nitrogen and oxygen atoms in total. The first-order chi connectivity index (χ1) is 14.8. The van der Waals surface area contributed by atoms with Crippen LogP contribution in [-0.4, -0.2) is 44.3 Å². The molecule has 0 amide bonds. The second kappa shape index (κ2) is 7.26. The molecule has 0 spiro atoms. The SMILES string of the molecule is Cc1nnc2sc3c(N4CC[C@H](Oc5ccnc(C(F)(F)F)c5)C4)ncnc3c2c1C. The molecule has 1 fully saturated rings. The topological polar surface area (TPSA) is 76.9 Å². The minimum absolute atomic E-state index is 0.158. The summed E-state index contributed by atoms with van der Waals surface area (Å²) in [6.07, 6.45) is -1.45. The van der Waals surface area contributed by atoms with Crippen molar-refractivity contribution in [3.8, 4) is 5.75 Å². The van der Waals surface area contributed by atoms with Crippen LogP contribution in [0.3, 0.4) is 0 Å². The van der Waals surface area contributed by atoms with Crippen LogP contribution in [0.25, 0.3) is 20.4 Å². The van der Waals surface area contributed by atoms with E-state index in [1.54, 1.807) is 0 Å². The second-order valence-corrected chi connectivity index (χ2v) is 8.42. The molecule has 11 heteroatoms. The van der Waals surface area contributed by atoms with E-state index in [9.17, 15) is 13.2 Å². The van der Waals surface area contributed by atoms with Gasteiger partial charge in [-0.2, -0.15) is 18.3 Å². The first kappa shape index (κ1) is 19.9. The lowest BCUT2D eigenvalue weighted by molar-refractivity contribution is -0.141. The summed E-state index contributed by atoms with van der Waals surface area (Å²) in [6, 6.07) is 2.37. The van der Waals surface area contributed by atoms with Gasteiger partial charge in [-0.1, -0.05) is 0 Å². The van der Waals surface area contributed by atoms with Crippen molar-refractivity contribution in [3.63, 3.8) is 0 Å². The molecule has 0 N–H and O–H groups in total. The number of halogens is 3. The summed E-state index contributed by atoms with van der Waals surface area (Å²) in [5.41, 5.74) is 1.78. The lowest BCUT2D eigenvalue weighted by atomic mass is 10.1. The zero-order valence-electron chi connectivity index (χ0n) is 16.6. The maximum atomic E-state index is 12.9. The Kier molecular flexibility index (Phi) is 4.65. The third-order valence-corrected chi connectivity index (χ3v) is 6.47. The Labute approximate surface area is 178 Å². The van der Waals surface area contributed by atoms with Crippen LogP contribution in [-0.2, 0) is 6.18 Å². The third-order valence-electron chi connectivity index (χ3n) is 5.41. The van der Waals surface area contributed by atoms with Crippen LogP contribution in [0, 0.1) is 13.8 Å². The van der Waals surface area contributed by atoms with Crippen molar-refractivity contribution >= 4 is 37.6 Å². The highest BCUT2D eigenvalue weighted by molar-refractivity contribution is 7.26. The Morgan fingerprint density at radius 2 is 2.00 bits per heavy atom. The van der Waals surface area contributed by atoms with Gasteiger partial charge < -0.3 is 9.64 Å². The number of fused-ring (bicyclic) bond motifs is 3. The maximum absolute atomic E-state index is 12.9. The fourth-order valence-corrected chi connectivity index (χ4v) is 4.90. The van der Waals surface area contributed by atoms with Gasteiger partial charge in [-0.05, 0) is 25.5 Å². The molecular formula is C20H17F3N6OS. The lowest BCUT2D eigenvalue weighted by Gasteiger charge is -2.18. The van der Waals surface area contributed by atoms with Crippen LogP contribution in [0.15, 0.2) is 24.7 Å². The molecule has 1 aliphatic heterocycles. The molecule has 0 bridgehead atoms. The number of alkyl halides is 3. The van der Waals surface area contributed by atoms with Crippen LogP contribution in [0.1, 0.15) is 23.4 Å². The minimum atomic E-state index is -4.51. The van der Waals surface area contributed by atoms with E-state index in [1.807, 2.05) is 13.8 Å². The van der Waals surface area contributed by atoms with Gasteiger partial charge in [0.05, 0.1) is 22.5 Å². The lowest BCUT2D eigenvalue weighted by Crippen LogP contribution is -2.25. The molecule has 4 aromatic rings. The summed E-state index contributed by atoms with van der Waals surface area (Å²) in [7, 11) is 0. The van der Waals surface area contributed by atoms with Crippen molar-refractivity contribution in [1.82, 2.24) is 25.1 Å². The van der Waals surface area contributed by atoms with E-state index in [4.69, 9.17) is 4.74 Å². The molecule has 160 valence electrons. The summed E-state index contributed by atoms with van der Waals surface area (Å²) in [5, 5.41) is 9.50. The molecular weight excluding hydrogens is 429 g/mol. The highest BCUT2D eigenvalue weighted by Gasteiger charge is 2.33. The van der Waals surface area contributed by atoms with Crippen molar-refractivity contribution in [1.29, 1.82) is 0 Å². The van der Waals surface area contributed by atoms with Gasteiger partial charge in [0, 0.05) is 30.6 Å². The molecule has 1 atom stereocenters. The number of aryl methyl sites for hydroxylation is 2. The molecule has 1 aliphatic rings. The Morgan fingerprint density at radius 3 is 2.81 bits per heavy atom. The molecule has 0 radical (unpaired) electrons. The van der Waals surface area contributed by atoms with Gasteiger partial charge in [0.1, 0.15) is 34.5 Å². The fourth-order valence-electron chi connectivity index (χ4n) is 3.74. The normalized spacial score (nSPS) is 17.1. The summed E-state index contributed by atoms with van der Waals surface area (Å²) in [4.78, 5) is 15.2. The van der Waals surface area contributed by atoms with E-state index in [0.717, 1.165) is 49.8 Å². The highest BCUT2D eigenvalue weighted by Crippen LogP contribution is 2.39. The van der Waals surface area contributed by atoms with E-state index >= 15 is 0 Å². The van der Waals surface area contributed by atoms with E-state index in [2.05, 4.69) is 30.0 Å². The predicted octanol–water partition coefficient (Wildman–Crippen LogP) is 4.32. The van der Waals surface area contributed by atoms with Crippen molar-refractivity contribution in [3.05, 3.63) is 41.6 Å². The Balaban J connectivity index is 1.42. The van der Waals surface area contributed by atoms with Crippen molar-refractivity contribution in [2.45, 2.75) is 32.5 Å². The van der Waals surface area contributed by atoms with Gasteiger partial charge >= 0.3 is 6.18 Å². The average molecular weight is 446 g/mol. The Bertz CT molecular complexity index is 1290. The quantitative estimate of drug-likeness (QED) is 0.464. The minimum Gasteiger partial charge on any atom is -0.488 e. The average Bonchev–Trinajstić information content (AvgIpc) is 3.35. The fraction of sp³-hybridized carbons (Fsp3) is 0.350. The van der Waals surface area contributed by atoms with Gasteiger partial charge in [0.2, 0.25) is 0 Å². The van der Waals surface area contributed by atoms with Gasteiger partial charge in [-0.25, -0.2) is 9.97 Å². The van der Waals surface area contributed by atoms with E-state index in [1.165, 1.54) is 23.7 Å². The first-order valence-corrected chi connectivity index (χ1v) is 10.4. The number of pyridine rings is 1. The summed E-state index contributed by atoms with van der Waals surface area (Å²) in [6.45, 7) is 5.10. The molecule has 0 aromatic carbocycles. The summed E-state index contributed by atoms with van der Waals surface area (Å²) >= 11 is 1.49. The number of nitrogens with zero attached hydrogens (tertiary/aromatic N) is 6. The number of ether oxygens (including phenoxy) is 1. The second-order valence-electron chi connectivity index (χ2n) is 7.42. The molecule has 4 aromatic heterocycles. The Hall–Kier alpha value is -3.08. The molecule has 0 aliphatic carbocycles. The first-order valence-electron chi connectivity index (χ1n) is 9.63. The number of aromatic nitrogens is 5. The zero-order chi connectivity index (χ0) is 21.8. The van der Waals surface area contributed by atoms with Crippen molar-refractivity contribution in [2.75, 3.05) is 18.0 Å². The van der Waals surface area contributed by atoms with E-state index in [-0.39, 0.29) is 11.9 Å². The van der Waals surface area contributed by atoms with Crippen LogP contribution in [0.2, 0.25) is 0 Å². The number of thiophene rings is 1. The largest absolute Gasteiger partial charge is 0.488 e. The van der Waals surface area contributed by atoms with E-state index < -0.39 is 11.9 Å². The van der Waals surface area contributed by atoms with Crippen LogP contribution >= 0.6 is 11.3 Å². The molecule has 31 heavy (non-hydrogen) atoms. The number of anilines is 1. The maximum Gasteiger partial charge on any atom is 0.433 e. The highest BCUT2D eigenvalue weighted by atomic mass is 32.1. The van der Waals surface area contributed by atoms with Gasteiger partial charge in [0.25, 0.3) is 0 Å². The number of hydrogen-bond acceptors (Lipinski definition) is 8. The monoisotopic (exact) mass is 446 g/mol. The zero-order valence-corrected chi connectivity index (χ0v) is 17.5. The molecule has 5 heterocycles. The van der Waals surface area contributed by atoms with Crippen molar-refractivity contribution < 1.29 is 17.9 Å². The smallest absolute Gasteiger partial charge is 0.433 e. The van der Waals surface area contributed by atoms with E-state index in [0.29, 0.717) is 19.5 Å². The number of hydrogen-bond donors (Lipinski definition) is 0. The molecule has 5 rings (SSSR count). The number of rotatable bonds is 3. The predicted molar refractivity (Wildman–Crippen MR) is 110 cm³/mol. The van der Waals surface area contributed by atoms with Gasteiger partial charge in [-0.3, -0.25) is 4.98 Å². The molecule has 0 saturated carbocycles. The van der Waals surface area contributed by atoms with Crippen molar-refractivity contribution in [2.24, 2.45) is 0 Å². The Morgan fingerprint density at radius 1 is 1.16 bits per heavy atom. The standard InChI is InChI=1S/C20H17F3N6OS/c1-10-11(2)27-28-19-15(10)16-17(31-19)18(26-9-25-16)29-6-4-13(8-29)30-12-3-5-24-14(7-12)20(21,22)23/h3,5,7,9,13H,4,6,8H2,1-2H3/t13-/m0/s1. The summed E-state index contributed by atoms with van der Waals surface area (Å²) < 4.78 is 45.5. The van der Waals surface area contributed by atoms with Crippen LogP contribution in [0.5, 0.6) is 5.75 Å². The molecule has 0 unspecified atom stereocenters. The summed E-state index contributed by atoms with van der Waals surface area (Å²) in [5.74, 6) is 0.937. The van der Waals surface area contributed by atoms with Gasteiger partial charge in [0.15, 0.2) is 0 Å². The van der Waals surface area contributed by atoms with Crippen LogP contribution < -0.4 is 9.64 Å². The van der Waals surface area contributed by atoms with Gasteiger partial charge in [-0.15, -0.1) is 16.4 Å². The molecule has 1 saturated heterocycles. The van der Waals surface area contributed by atoms with Crippen LogP contribution in [0.4, 0.5) is 19.0 Å². The third kappa shape index (κ3) is 3.52.